The van der Waals surface area contributed by atoms with Gasteiger partial charge in [0.05, 0.1) is 19.9 Å². The van der Waals surface area contributed by atoms with E-state index < -0.39 is 0 Å². The number of aryl methyl sites for hydroxylation is 2. The maximum absolute atomic E-state index is 12.7. The Balaban J connectivity index is 1.38. The molecule has 0 unspecified atom stereocenters. The van der Waals surface area contributed by atoms with E-state index in [1.807, 2.05) is 37.3 Å². The Hall–Kier alpha value is -3.32. The van der Waals surface area contributed by atoms with Crippen molar-refractivity contribution in [1.82, 2.24) is 14.9 Å². The molecule has 0 spiro atoms. The molecule has 0 atom stereocenters. The van der Waals surface area contributed by atoms with E-state index in [9.17, 15) is 4.79 Å². The molecular formula is C24H25N3O3S. The third-order valence-corrected chi connectivity index (χ3v) is 6.38. The van der Waals surface area contributed by atoms with Gasteiger partial charge in [0.1, 0.15) is 9.88 Å². The fraction of sp³-hybridized carbons (Fsp3) is 0.250. The summed E-state index contributed by atoms with van der Waals surface area (Å²) in [4.78, 5) is 17.9. The van der Waals surface area contributed by atoms with Gasteiger partial charge in [-0.15, -0.1) is 11.3 Å². The minimum Gasteiger partial charge on any atom is -0.493 e. The van der Waals surface area contributed by atoms with E-state index in [1.54, 1.807) is 14.2 Å². The molecule has 31 heavy (non-hydrogen) atoms. The highest BCUT2D eigenvalue weighted by Gasteiger charge is 2.17. The Bertz CT molecular complexity index is 1210. The summed E-state index contributed by atoms with van der Waals surface area (Å²) in [7, 11) is 3.20. The molecule has 0 radical (unpaired) electrons. The number of methoxy groups -OCH3 is 2. The number of aromatic nitrogens is 2. The van der Waals surface area contributed by atoms with Gasteiger partial charge in [-0.3, -0.25) is 4.79 Å². The zero-order valence-electron chi connectivity index (χ0n) is 17.8. The molecule has 1 N–H and O–H groups in total. The Labute approximate surface area is 185 Å². The molecule has 0 saturated heterocycles. The minimum atomic E-state index is -0.0842. The monoisotopic (exact) mass is 435 g/mol. The van der Waals surface area contributed by atoms with Gasteiger partial charge < -0.3 is 19.4 Å². The summed E-state index contributed by atoms with van der Waals surface area (Å²) in [6.45, 7) is 3.32. The van der Waals surface area contributed by atoms with Crippen molar-refractivity contribution in [2.75, 3.05) is 20.8 Å². The van der Waals surface area contributed by atoms with Gasteiger partial charge in [0.25, 0.3) is 5.91 Å². The highest BCUT2D eigenvalue weighted by Crippen LogP contribution is 2.35. The molecule has 0 aliphatic carbocycles. The molecule has 0 bridgehead atoms. The summed E-state index contributed by atoms with van der Waals surface area (Å²) in [5, 5.41) is 5.04. The lowest BCUT2D eigenvalue weighted by Crippen LogP contribution is -2.25. The average Bonchev–Trinajstić information content (AvgIpc) is 3.39. The zero-order valence-corrected chi connectivity index (χ0v) is 18.7. The number of amides is 1. The number of benzene rings is 2. The molecule has 0 aliphatic rings. The average molecular weight is 436 g/mol. The third kappa shape index (κ3) is 4.41. The number of nitrogens with one attached hydrogen (secondary N) is 1. The predicted molar refractivity (Wildman–Crippen MR) is 124 cm³/mol. The van der Waals surface area contributed by atoms with Crippen LogP contribution in [0.15, 0.2) is 54.7 Å². The van der Waals surface area contributed by atoms with Gasteiger partial charge in [0.15, 0.2) is 11.5 Å². The molecule has 4 rings (SSSR count). The topological polar surface area (TPSA) is 65.4 Å². The molecule has 1 amide bonds. The number of para-hydroxylation sites is 1. The first kappa shape index (κ1) is 20.9. The highest BCUT2D eigenvalue weighted by atomic mass is 32.1. The summed E-state index contributed by atoms with van der Waals surface area (Å²) >= 11 is 1.39. The predicted octanol–water partition coefficient (Wildman–Crippen LogP) is 4.91. The standard InChI is InChI=1S/C24H25N3O3S/c1-16-22(31-24(26-16)18-9-10-20(29-2)21(15-18)30-3)23(28)25-12-6-13-27-14-11-17-7-4-5-8-19(17)27/h4-5,7-11,14-15H,6,12-13H2,1-3H3,(H,25,28). The molecule has 4 aromatic rings. The van der Waals surface area contributed by atoms with Gasteiger partial charge in [-0.25, -0.2) is 4.98 Å². The van der Waals surface area contributed by atoms with Gasteiger partial charge in [-0.05, 0) is 49.1 Å². The van der Waals surface area contributed by atoms with Gasteiger partial charge in [0, 0.05) is 30.4 Å². The van der Waals surface area contributed by atoms with Gasteiger partial charge in [-0.2, -0.15) is 0 Å². The summed E-state index contributed by atoms with van der Waals surface area (Å²) in [6.07, 6.45) is 2.94. The number of carbonyl (C=O) groups is 1. The van der Waals surface area contributed by atoms with Gasteiger partial charge in [-0.1, -0.05) is 18.2 Å². The van der Waals surface area contributed by atoms with Crippen LogP contribution in [0.2, 0.25) is 0 Å². The van der Waals surface area contributed by atoms with Crippen LogP contribution in [0.4, 0.5) is 0 Å². The molecule has 2 aromatic heterocycles. The SMILES string of the molecule is COc1ccc(-c2nc(C)c(C(=O)NCCCn3ccc4ccccc43)s2)cc1OC. The minimum absolute atomic E-state index is 0.0842. The van der Waals surface area contributed by atoms with Crippen LogP contribution in [0.5, 0.6) is 11.5 Å². The summed E-state index contributed by atoms with van der Waals surface area (Å²) in [5.74, 6) is 1.21. The summed E-state index contributed by atoms with van der Waals surface area (Å²) < 4.78 is 12.9. The van der Waals surface area contributed by atoms with E-state index in [1.165, 1.54) is 22.2 Å². The fourth-order valence-electron chi connectivity index (χ4n) is 3.57. The van der Waals surface area contributed by atoms with Crippen LogP contribution in [0.25, 0.3) is 21.5 Å². The lowest BCUT2D eigenvalue weighted by atomic mass is 10.2. The first-order chi connectivity index (χ1) is 15.1. The van der Waals surface area contributed by atoms with Crippen molar-refractivity contribution in [3.05, 3.63) is 65.3 Å². The summed E-state index contributed by atoms with van der Waals surface area (Å²) in [6, 6.07) is 16.1. The van der Waals surface area contributed by atoms with Crippen molar-refractivity contribution in [3.63, 3.8) is 0 Å². The van der Waals surface area contributed by atoms with Crippen LogP contribution in [0, 0.1) is 6.92 Å². The van der Waals surface area contributed by atoms with Crippen molar-refractivity contribution >= 4 is 28.1 Å². The lowest BCUT2D eigenvalue weighted by molar-refractivity contribution is 0.0956. The van der Waals surface area contributed by atoms with Crippen molar-refractivity contribution < 1.29 is 14.3 Å². The molecule has 2 aromatic carbocycles. The molecule has 160 valence electrons. The van der Waals surface area contributed by atoms with E-state index in [4.69, 9.17) is 9.47 Å². The Morgan fingerprint density at radius 3 is 2.71 bits per heavy atom. The molecule has 0 saturated carbocycles. The normalized spacial score (nSPS) is 10.9. The molecule has 0 fully saturated rings. The first-order valence-electron chi connectivity index (χ1n) is 10.1. The smallest absolute Gasteiger partial charge is 0.263 e. The van der Waals surface area contributed by atoms with Crippen LogP contribution < -0.4 is 14.8 Å². The van der Waals surface area contributed by atoms with Crippen molar-refractivity contribution in [2.45, 2.75) is 19.9 Å². The van der Waals surface area contributed by atoms with Crippen LogP contribution >= 0.6 is 11.3 Å². The molecule has 7 heteroatoms. The first-order valence-corrected chi connectivity index (χ1v) is 10.9. The Morgan fingerprint density at radius 1 is 1.10 bits per heavy atom. The number of hydrogen-bond donors (Lipinski definition) is 1. The Kier molecular flexibility index (Phi) is 6.23. The number of thiazole rings is 1. The van der Waals surface area contributed by atoms with Crippen molar-refractivity contribution in [2.24, 2.45) is 0 Å². The number of fused-ring (bicyclic) bond motifs is 1. The second kappa shape index (κ2) is 9.22. The van der Waals surface area contributed by atoms with Crippen LogP contribution in [0.1, 0.15) is 21.8 Å². The second-order valence-corrected chi connectivity index (χ2v) is 8.18. The number of nitrogens with zero attached hydrogens (tertiary/aromatic N) is 2. The van der Waals surface area contributed by atoms with Crippen molar-refractivity contribution in [1.29, 1.82) is 0 Å². The molecular weight excluding hydrogens is 410 g/mol. The molecule has 0 aliphatic heterocycles. The second-order valence-electron chi connectivity index (χ2n) is 7.18. The zero-order chi connectivity index (χ0) is 21.8. The van der Waals surface area contributed by atoms with E-state index >= 15 is 0 Å². The maximum atomic E-state index is 12.7. The quantitative estimate of drug-likeness (QED) is 0.399. The molecule has 2 heterocycles. The van der Waals surface area contributed by atoms with E-state index in [-0.39, 0.29) is 5.91 Å². The lowest BCUT2D eigenvalue weighted by Gasteiger charge is -2.08. The number of ether oxygens (including phenoxy) is 2. The third-order valence-electron chi connectivity index (χ3n) is 5.17. The Morgan fingerprint density at radius 2 is 1.90 bits per heavy atom. The van der Waals surface area contributed by atoms with Gasteiger partial charge >= 0.3 is 0 Å². The van der Waals surface area contributed by atoms with E-state index in [0.29, 0.717) is 22.9 Å². The number of carbonyl (C=O) groups excluding carboxylic acids is 1. The van der Waals surface area contributed by atoms with Crippen molar-refractivity contribution in [3.8, 4) is 22.1 Å². The fourth-order valence-corrected chi connectivity index (χ4v) is 4.55. The largest absolute Gasteiger partial charge is 0.493 e. The van der Waals surface area contributed by atoms with Crippen LogP contribution in [0.3, 0.4) is 0 Å². The molecule has 6 nitrogen and oxygen atoms in total. The number of rotatable bonds is 8. The maximum Gasteiger partial charge on any atom is 0.263 e. The summed E-state index contributed by atoms with van der Waals surface area (Å²) in [5.41, 5.74) is 2.83. The highest BCUT2D eigenvalue weighted by molar-refractivity contribution is 7.17. The van der Waals surface area contributed by atoms with E-state index in [2.05, 4.69) is 39.3 Å². The van der Waals surface area contributed by atoms with E-state index in [0.717, 1.165) is 29.2 Å². The van der Waals surface area contributed by atoms with Crippen LogP contribution in [-0.2, 0) is 6.54 Å². The van der Waals surface area contributed by atoms with Crippen LogP contribution in [-0.4, -0.2) is 36.2 Å². The number of hydrogen-bond acceptors (Lipinski definition) is 5. The van der Waals surface area contributed by atoms with Gasteiger partial charge in [0.2, 0.25) is 0 Å².